The Bertz CT molecular complexity index is 483. The summed E-state index contributed by atoms with van der Waals surface area (Å²) in [7, 11) is 4.07. The van der Waals surface area contributed by atoms with Crippen molar-refractivity contribution < 1.29 is 14.3 Å². The number of benzene rings is 1. The summed E-state index contributed by atoms with van der Waals surface area (Å²) < 4.78 is 10.8. The quantitative estimate of drug-likeness (QED) is 0.818. The topological polar surface area (TPSA) is 38.8 Å². The van der Waals surface area contributed by atoms with Crippen molar-refractivity contribution in [2.75, 3.05) is 20.9 Å². The maximum absolute atomic E-state index is 11.2. The van der Waals surface area contributed by atoms with Crippen molar-refractivity contribution in [2.45, 2.75) is 32.7 Å². The van der Waals surface area contributed by atoms with Crippen molar-refractivity contribution in [3.63, 3.8) is 0 Å². The van der Waals surface area contributed by atoms with E-state index in [1.54, 1.807) is 6.92 Å². The van der Waals surface area contributed by atoms with Crippen LogP contribution in [0.25, 0.3) is 0 Å². The van der Waals surface area contributed by atoms with Gasteiger partial charge in [0.2, 0.25) is 6.79 Å². The van der Waals surface area contributed by atoms with Gasteiger partial charge >= 0.3 is 0 Å². The molecule has 0 N–H and O–H groups in total. The van der Waals surface area contributed by atoms with Crippen molar-refractivity contribution >= 4 is 5.78 Å². The minimum atomic E-state index is 0.221. The fraction of sp³-hybridized carbons (Fsp3) is 0.533. The second kappa shape index (κ2) is 5.61. The predicted octanol–water partition coefficient (Wildman–Crippen LogP) is 2.70. The van der Waals surface area contributed by atoms with Gasteiger partial charge in [0.1, 0.15) is 5.78 Å². The molecule has 4 heteroatoms. The zero-order chi connectivity index (χ0) is 14.0. The molecule has 1 aliphatic heterocycles. The molecule has 0 bridgehead atoms. The first-order valence-electron chi connectivity index (χ1n) is 6.55. The molecular formula is C15H21NO3. The monoisotopic (exact) mass is 263 g/mol. The number of ketones is 1. The Morgan fingerprint density at radius 3 is 2.53 bits per heavy atom. The Morgan fingerprint density at radius 1 is 1.32 bits per heavy atom. The van der Waals surface area contributed by atoms with Crippen LogP contribution in [0.15, 0.2) is 12.1 Å². The van der Waals surface area contributed by atoms with E-state index in [0.29, 0.717) is 6.42 Å². The third kappa shape index (κ3) is 3.07. The van der Waals surface area contributed by atoms with Crippen LogP contribution in [0, 0.1) is 6.92 Å². The van der Waals surface area contributed by atoms with E-state index in [0.717, 1.165) is 17.9 Å². The highest BCUT2D eigenvalue weighted by Crippen LogP contribution is 2.38. The van der Waals surface area contributed by atoms with Gasteiger partial charge in [0, 0.05) is 12.5 Å². The van der Waals surface area contributed by atoms with E-state index in [2.05, 4.69) is 11.8 Å². The Balaban J connectivity index is 2.28. The number of carbonyl (C=O) groups is 1. The molecule has 1 unspecified atom stereocenters. The van der Waals surface area contributed by atoms with Crippen LogP contribution < -0.4 is 9.47 Å². The zero-order valence-electron chi connectivity index (χ0n) is 12.0. The average Bonchev–Trinajstić information content (AvgIpc) is 2.75. The summed E-state index contributed by atoms with van der Waals surface area (Å²) in [5.41, 5.74) is 2.38. The van der Waals surface area contributed by atoms with Gasteiger partial charge in [-0.15, -0.1) is 0 Å². The summed E-state index contributed by atoms with van der Waals surface area (Å²) in [4.78, 5) is 13.4. The molecule has 104 valence electrons. The van der Waals surface area contributed by atoms with E-state index in [9.17, 15) is 4.79 Å². The number of hydrogen-bond acceptors (Lipinski definition) is 4. The zero-order valence-corrected chi connectivity index (χ0v) is 12.0. The first-order chi connectivity index (χ1) is 8.99. The summed E-state index contributed by atoms with van der Waals surface area (Å²) in [6.45, 7) is 4.00. The highest BCUT2D eigenvalue weighted by atomic mass is 16.7. The highest BCUT2D eigenvalue weighted by Gasteiger charge is 2.22. The van der Waals surface area contributed by atoms with Gasteiger partial charge in [-0.05, 0) is 57.6 Å². The van der Waals surface area contributed by atoms with E-state index in [1.807, 2.05) is 26.2 Å². The lowest BCUT2D eigenvalue weighted by molar-refractivity contribution is -0.117. The third-order valence-corrected chi connectivity index (χ3v) is 3.51. The van der Waals surface area contributed by atoms with Crippen molar-refractivity contribution in [2.24, 2.45) is 0 Å². The van der Waals surface area contributed by atoms with E-state index in [1.165, 1.54) is 11.1 Å². The average molecular weight is 263 g/mol. The van der Waals surface area contributed by atoms with Gasteiger partial charge in [-0.1, -0.05) is 0 Å². The van der Waals surface area contributed by atoms with E-state index < -0.39 is 0 Å². The molecule has 0 saturated carbocycles. The minimum absolute atomic E-state index is 0.221. The van der Waals surface area contributed by atoms with E-state index >= 15 is 0 Å². The van der Waals surface area contributed by atoms with Gasteiger partial charge in [0.25, 0.3) is 0 Å². The maximum atomic E-state index is 11.2. The Kier molecular flexibility index (Phi) is 4.10. The smallest absolute Gasteiger partial charge is 0.231 e. The molecule has 0 saturated heterocycles. The van der Waals surface area contributed by atoms with Crippen molar-refractivity contribution in [3.05, 3.63) is 23.3 Å². The van der Waals surface area contributed by atoms with E-state index in [-0.39, 0.29) is 18.6 Å². The molecule has 19 heavy (non-hydrogen) atoms. The van der Waals surface area contributed by atoms with Crippen LogP contribution in [0.2, 0.25) is 0 Å². The summed E-state index contributed by atoms with van der Waals surface area (Å²) in [5.74, 6) is 1.84. The molecule has 0 spiro atoms. The number of aryl methyl sites for hydroxylation is 1. The van der Waals surface area contributed by atoms with Crippen molar-refractivity contribution in [3.8, 4) is 11.5 Å². The lowest BCUT2D eigenvalue weighted by Gasteiger charge is -2.26. The molecule has 0 aromatic heterocycles. The summed E-state index contributed by atoms with van der Waals surface area (Å²) in [6, 6.07) is 4.28. The van der Waals surface area contributed by atoms with Crippen molar-refractivity contribution in [1.29, 1.82) is 0 Å². The molecule has 0 radical (unpaired) electrons. The second-order valence-electron chi connectivity index (χ2n) is 5.28. The van der Waals surface area contributed by atoms with Gasteiger partial charge in [0.15, 0.2) is 11.5 Å². The molecule has 4 nitrogen and oxygen atoms in total. The highest BCUT2D eigenvalue weighted by molar-refractivity contribution is 5.75. The Labute approximate surface area is 114 Å². The van der Waals surface area contributed by atoms with Crippen LogP contribution in [0.1, 0.15) is 36.9 Å². The molecule has 0 aliphatic carbocycles. The SMILES string of the molecule is CC(=O)CCC(c1cc2c(cc1C)OCO2)N(C)C. The number of fused-ring (bicyclic) bond motifs is 1. The molecule has 1 atom stereocenters. The summed E-state index contributed by atoms with van der Waals surface area (Å²) in [6.07, 6.45) is 1.42. The van der Waals surface area contributed by atoms with Crippen LogP contribution >= 0.6 is 0 Å². The lowest BCUT2D eigenvalue weighted by atomic mass is 9.95. The number of ether oxygens (including phenoxy) is 2. The molecule has 0 amide bonds. The lowest BCUT2D eigenvalue weighted by Crippen LogP contribution is -2.21. The van der Waals surface area contributed by atoms with Crippen molar-refractivity contribution in [1.82, 2.24) is 4.90 Å². The number of rotatable bonds is 5. The van der Waals surface area contributed by atoms with Crippen LogP contribution in [0.4, 0.5) is 0 Å². The fourth-order valence-corrected chi connectivity index (χ4v) is 2.45. The third-order valence-electron chi connectivity index (χ3n) is 3.51. The molecular weight excluding hydrogens is 242 g/mol. The molecule has 1 aliphatic rings. The predicted molar refractivity (Wildman–Crippen MR) is 73.6 cm³/mol. The van der Waals surface area contributed by atoms with Gasteiger partial charge in [-0.25, -0.2) is 0 Å². The Morgan fingerprint density at radius 2 is 1.95 bits per heavy atom. The molecule has 1 heterocycles. The summed E-state index contributed by atoms with van der Waals surface area (Å²) >= 11 is 0. The number of carbonyl (C=O) groups excluding carboxylic acids is 1. The Hall–Kier alpha value is -1.55. The first-order valence-corrected chi connectivity index (χ1v) is 6.55. The van der Waals surface area contributed by atoms with Crippen LogP contribution in [0.3, 0.4) is 0 Å². The van der Waals surface area contributed by atoms with Gasteiger partial charge in [0.05, 0.1) is 0 Å². The molecule has 2 rings (SSSR count). The normalized spacial score (nSPS) is 14.8. The van der Waals surface area contributed by atoms with E-state index in [4.69, 9.17) is 9.47 Å². The minimum Gasteiger partial charge on any atom is -0.454 e. The van der Waals surface area contributed by atoms with Crippen LogP contribution in [-0.4, -0.2) is 31.6 Å². The van der Waals surface area contributed by atoms with Crippen LogP contribution in [0.5, 0.6) is 11.5 Å². The fourth-order valence-electron chi connectivity index (χ4n) is 2.45. The van der Waals surface area contributed by atoms with Gasteiger partial charge in [-0.3, -0.25) is 0 Å². The first kappa shape index (κ1) is 13.9. The molecule has 1 aromatic rings. The molecule has 1 aromatic carbocycles. The van der Waals surface area contributed by atoms with Gasteiger partial charge in [-0.2, -0.15) is 0 Å². The van der Waals surface area contributed by atoms with Gasteiger partial charge < -0.3 is 19.2 Å². The largest absolute Gasteiger partial charge is 0.454 e. The molecule has 0 fully saturated rings. The summed E-state index contributed by atoms with van der Waals surface area (Å²) in [5, 5.41) is 0. The number of hydrogen-bond donors (Lipinski definition) is 0. The second-order valence-corrected chi connectivity index (χ2v) is 5.28. The number of Topliss-reactive ketones (excluding diaryl/α,β-unsaturated/α-hetero) is 1. The van der Waals surface area contributed by atoms with Crippen LogP contribution in [-0.2, 0) is 4.79 Å². The standard InChI is InChI=1S/C15H21NO3/c1-10-7-14-15(19-9-18-14)8-12(10)13(16(3)4)6-5-11(2)17/h7-8,13H,5-6,9H2,1-4H3. The number of nitrogens with zero attached hydrogens (tertiary/aromatic N) is 1. The maximum Gasteiger partial charge on any atom is 0.231 e.